The summed E-state index contributed by atoms with van der Waals surface area (Å²) in [4.78, 5) is 4.14. The standard InChI is InChI=1S/C10H8ClNO/c11-10-5-4-8-7(6-13)2-1-3-9(8)12-10/h1-5,13H,6H2. The van der Waals surface area contributed by atoms with Crippen molar-refractivity contribution in [3.8, 4) is 0 Å². The minimum absolute atomic E-state index is 0.0284. The number of aliphatic hydroxyl groups excluding tert-OH is 1. The van der Waals surface area contributed by atoms with Crippen LogP contribution in [0.5, 0.6) is 0 Å². The van der Waals surface area contributed by atoms with Gasteiger partial charge in [0.15, 0.2) is 0 Å². The Morgan fingerprint density at radius 1 is 1.23 bits per heavy atom. The highest BCUT2D eigenvalue weighted by molar-refractivity contribution is 6.29. The summed E-state index contributed by atoms with van der Waals surface area (Å²) in [5, 5.41) is 10.5. The van der Waals surface area contributed by atoms with E-state index in [1.165, 1.54) is 0 Å². The molecule has 66 valence electrons. The monoisotopic (exact) mass is 193 g/mol. The molecule has 1 heterocycles. The van der Waals surface area contributed by atoms with E-state index in [0.29, 0.717) is 5.15 Å². The topological polar surface area (TPSA) is 33.1 Å². The molecule has 2 rings (SSSR count). The van der Waals surface area contributed by atoms with Crippen LogP contribution in [0.3, 0.4) is 0 Å². The molecular weight excluding hydrogens is 186 g/mol. The number of benzene rings is 1. The zero-order valence-corrected chi connectivity index (χ0v) is 7.62. The van der Waals surface area contributed by atoms with Crippen LogP contribution in [0.1, 0.15) is 5.56 Å². The summed E-state index contributed by atoms with van der Waals surface area (Å²) < 4.78 is 0. The number of nitrogens with zero attached hydrogens (tertiary/aromatic N) is 1. The second-order valence-corrected chi connectivity index (χ2v) is 3.16. The molecule has 0 spiro atoms. The highest BCUT2D eigenvalue weighted by atomic mass is 35.5. The summed E-state index contributed by atoms with van der Waals surface area (Å²) in [6.45, 7) is 0.0284. The highest BCUT2D eigenvalue weighted by Gasteiger charge is 2.00. The van der Waals surface area contributed by atoms with Crippen LogP contribution in [0, 0.1) is 0 Å². The molecule has 1 aromatic carbocycles. The SMILES string of the molecule is OCc1cccc2nc(Cl)ccc12. The Balaban J connectivity index is 2.77. The van der Waals surface area contributed by atoms with E-state index in [2.05, 4.69) is 4.98 Å². The van der Waals surface area contributed by atoms with Crippen molar-refractivity contribution in [2.24, 2.45) is 0 Å². The van der Waals surface area contributed by atoms with Crippen LogP contribution in [-0.2, 0) is 6.61 Å². The zero-order valence-electron chi connectivity index (χ0n) is 6.87. The first-order valence-corrected chi connectivity index (χ1v) is 4.34. The third kappa shape index (κ3) is 1.50. The quantitative estimate of drug-likeness (QED) is 0.706. The van der Waals surface area contributed by atoms with Gasteiger partial charge < -0.3 is 5.11 Å². The average Bonchev–Trinajstić information content (AvgIpc) is 2.16. The van der Waals surface area contributed by atoms with E-state index >= 15 is 0 Å². The summed E-state index contributed by atoms with van der Waals surface area (Å²) in [5.41, 5.74) is 1.70. The van der Waals surface area contributed by atoms with Crippen molar-refractivity contribution in [3.63, 3.8) is 0 Å². The first-order valence-electron chi connectivity index (χ1n) is 3.96. The van der Waals surface area contributed by atoms with Gasteiger partial charge in [0.1, 0.15) is 5.15 Å². The maximum Gasteiger partial charge on any atom is 0.129 e. The molecule has 0 aliphatic rings. The Kier molecular flexibility index (Phi) is 2.17. The van der Waals surface area contributed by atoms with Gasteiger partial charge in [-0.25, -0.2) is 4.98 Å². The van der Waals surface area contributed by atoms with E-state index in [0.717, 1.165) is 16.5 Å². The first-order chi connectivity index (χ1) is 6.31. The predicted octanol–water partition coefficient (Wildman–Crippen LogP) is 2.38. The minimum atomic E-state index is 0.0284. The van der Waals surface area contributed by atoms with E-state index < -0.39 is 0 Å². The van der Waals surface area contributed by atoms with Gasteiger partial charge in [0.05, 0.1) is 12.1 Å². The van der Waals surface area contributed by atoms with Crippen molar-refractivity contribution in [3.05, 3.63) is 41.0 Å². The normalized spacial score (nSPS) is 10.6. The number of halogens is 1. The van der Waals surface area contributed by atoms with E-state index in [9.17, 15) is 0 Å². The number of pyridine rings is 1. The summed E-state index contributed by atoms with van der Waals surface area (Å²) in [5.74, 6) is 0. The Labute approximate surface area is 80.8 Å². The number of fused-ring (bicyclic) bond motifs is 1. The fraction of sp³-hybridized carbons (Fsp3) is 0.100. The molecule has 0 saturated carbocycles. The molecule has 1 aromatic heterocycles. The lowest BCUT2D eigenvalue weighted by Gasteiger charge is -2.02. The maximum absolute atomic E-state index is 9.04. The molecule has 13 heavy (non-hydrogen) atoms. The van der Waals surface area contributed by atoms with Gasteiger partial charge >= 0.3 is 0 Å². The highest BCUT2D eigenvalue weighted by Crippen LogP contribution is 2.19. The fourth-order valence-electron chi connectivity index (χ4n) is 1.33. The molecule has 0 unspecified atom stereocenters. The van der Waals surface area contributed by atoms with Gasteiger partial charge in [0.25, 0.3) is 0 Å². The van der Waals surface area contributed by atoms with Crippen LogP contribution in [0.2, 0.25) is 5.15 Å². The molecule has 3 heteroatoms. The van der Waals surface area contributed by atoms with Crippen LogP contribution in [0.4, 0.5) is 0 Å². The molecule has 0 amide bonds. The molecule has 2 aromatic rings. The molecule has 1 N–H and O–H groups in total. The van der Waals surface area contributed by atoms with Crippen molar-refractivity contribution in [2.45, 2.75) is 6.61 Å². The molecule has 0 saturated heterocycles. The molecule has 0 fully saturated rings. The maximum atomic E-state index is 9.04. The Bertz CT molecular complexity index is 442. The summed E-state index contributed by atoms with van der Waals surface area (Å²) >= 11 is 5.74. The van der Waals surface area contributed by atoms with Gasteiger partial charge in [-0.1, -0.05) is 23.7 Å². The van der Waals surface area contributed by atoms with Crippen LogP contribution in [-0.4, -0.2) is 10.1 Å². The molecule has 0 atom stereocenters. The number of aromatic nitrogens is 1. The van der Waals surface area contributed by atoms with E-state index in [1.54, 1.807) is 6.07 Å². The third-order valence-corrected chi connectivity index (χ3v) is 2.17. The van der Waals surface area contributed by atoms with E-state index in [4.69, 9.17) is 16.7 Å². The van der Waals surface area contributed by atoms with Crippen LogP contribution < -0.4 is 0 Å². The lowest BCUT2D eigenvalue weighted by Crippen LogP contribution is -1.87. The molecule has 0 aliphatic heterocycles. The molecule has 0 aliphatic carbocycles. The lowest BCUT2D eigenvalue weighted by atomic mass is 10.1. The number of rotatable bonds is 1. The summed E-state index contributed by atoms with van der Waals surface area (Å²) in [6.07, 6.45) is 0. The van der Waals surface area contributed by atoms with Gasteiger partial charge in [-0.05, 0) is 23.8 Å². The average molecular weight is 194 g/mol. The van der Waals surface area contributed by atoms with Gasteiger partial charge in [-0.15, -0.1) is 0 Å². The zero-order chi connectivity index (χ0) is 9.26. The van der Waals surface area contributed by atoms with Gasteiger partial charge in [-0.3, -0.25) is 0 Å². The molecule has 0 radical (unpaired) electrons. The predicted molar refractivity (Wildman–Crippen MR) is 52.7 cm³/mol. The molecular formula is C10H8ClNO. The number of hydrogen-bond acceptors (Lipinski definition) is 2. The van der Waals surface area contributed by atoms with Crippen molar-refractivity contribution in [1.82, 2.24) is 4.98 Å². The Hall–Kier alpha value is -1.12. The van der Waals surface area contributed by atoms with E-state index in [-0.39, 0.29) is 6.61 Å². The smallest absolute Gasteiger partial charge is 0.129 e. The summed E-state index contributed by atoms with van der Waals surface area (Å²) in [7, 11) is 0. The molecule has 0 bridgehead atoms. The van der Waals surface area contributed by atoms with Crippen LogP contribution >= 0.6 is 11.6 Å². The number of aliphatic hydroxyl groups is 1. The van der Waals surface area contributed by atoms with Gasteiger partial charge in [-0.2, -0.15) is 0 Å². The number of hydrogen-bond donors (Lipinski definition) is 1. The summed E-state index contributed by atoms with van der Waals surface area (Å²) in [6, 6.07) is 9.20. The van der Waals surface area contributed by atoms with Crippen molar-refractivity contribution in [2.75, 3.05) is 0 Å². The second-order valence-electron chi connectivity index (χ2n) is 2.78. The molecule has 2 nitrogen and oxygen atoms in total. The van der Waals surface area contributed by atoms with Crippen LogP contribution in [0.25, 0.3) is 10.9 Å². The van der Waals surface area contributed by atoms with Crippen molar-refractivity contribution in [1.29, 1.82) is 0 Å². The third-order valence-electron chi connectivity index (χ3n) is 1.96. The minimum Gasteiger partial charge on any atom is -0.392 e. The second kappa shape index (κ2) is 3.32. The lowest BCUT2D eigenvalue weighted by molar-refractivity contribution is 0.283. The van der Waals surface area contributed by atoms with Crippen LogP contribution in [0.15, 0.2) is 30.3 Å². The first kappa shape index (κ1) is 8.48. The largest absolute Gasteiger partial charge is 0.392 e. The van der Waals surface area contributed by atoms with Gasteiger partial charge in [0, 0.05) is 5.39 Å². The van der Waals surface area contributed by atoms with Crippen molar-refractivity contribution < 1.29 is 5.11 Å². The van der Waals surface area contributed by atoms with Crippen molar-refractivity contribution >= 4 is 22.5 Å². The van der Waals surface area contributed by atoms with E-state index in [1.807, 2.05) is 24.3 Å². The van der Waals surface area contributed by atoms with Gasteiger partial charge in [0.2, 0.25) is 0 Å². The Morgan fingerprint density at radius 2 is 2.08 bits per heavy atom. The Morgan fingerprint density at radius 3 is 2.85 bits per heavy atom. The fourth-order valence-corrected chi connectivity index (χ4v) is 1.49.